The van der Waals surface area contributed by atoms with Gasteiger partial charge in [0.05, 0.1) is 11.1 Å². The van der Waals surface area contributed by atoms with E-state index < -0.39 is 24.0 Å². The van der Waals surface area contributed by atoms with Crippen LogP contribution in [0.25, 0.3) is 0 Å². The Hall–Kier alpha value is -3.52. The summed E-state index contributed by atoms with van der Waals surface area (Å²) in [6, 6.07) is 6.70. The largest absolute Gasteiger partial charge is 0.480 e. The number of carbonyl (C=O) groups excluding carboxylic acids is 2. The van der Waals surface area contributed by atoms with Gasteiger partial charge in [0, 0.05) is 25.2 Å². The third-order valence-corrected chi connectivity index (χ3v) is 13.3. The van der Waals surface area contributed by atoms with Crippen LogP contribution in [0, 0.1) is 0 Å². The van der Waals surface area contributed by atoms with Crippen molar-refractivity contribution in [1.82, 2.24) is 20.6 Å². The predicted molar refractivity (Wildman–Crippen MR) is 220 cm³/mol. The fraction of sp³-hybridized carbons (Fsp3) is 0.659. The summed E-state index contributed by atoms with van der Waals surface area (Å²) in [5.41, 5.74) is 1.21. The number of aromatic nitrogens is 2. The normalized spacial score (nSPS) is 20.7. The van der Waals surface area contributed by atoms with Crippen LogP contribution < -0.4 is 20.4 Å². The monoisotopic (exact) mass is 796 g/mol. The molecule has 2 saturated carbocycles. The Labute approximate surface area is 334 Å². The number of hydrogen-bond donors (Lipinski definition) is 4. The average molecular weight is 797 g/mol. The zero-order valence-corrected chi connectivity index (χ0v) is 34.2. The van der Waals surface area contributed by atoms with E-state index in [0.717, 1.165) is 69.3 Å². The summed E-state index contributed by atoms with van der Waals surface area (Å²) < 4.78 is 0. The SMILES string of the molecule is CCCSc1nc(N2CCCCC2C(=O)O)ccc1C(=O)NC1CCCCC1.CCCSc1nc(N2CCC[C@H]2C(=O)O)ccc1C(=O)NC1CCCCC1. The molecular formula is C41H60N6O6S2. The summed E-state index contributed by atoms with van der Waals surface area (Å²) >= 11 is 3.15. The lowest BCUT2D eigenvalue weighted by molar-refractivity contribution is -0.139. The summed E-state index contributed by atoms with van der Waals surface area (Å²) in [5.74, 6) is 1.35. The minimum absolute atomic E-state index is 0.0574. The molecule has 302 valence electrons. The number of pyridine rings is 2. The van der Waals surface area contributed by atoms with Crippen molar-refractivity contribution in [1.29, 1.82) is 0 Å². The van der Waals surface area contributed by atoms with Crippen LogP contribution in [0.5, 0.6) is 0 Å². The number of carbonyl (C=O) groups is 4. The number of anilines is 2. The van der Waals surface area contributed by atoms with Gasteiger partial charge in [-0.15, -0.1) is 23.5 Å². The van der Waals surface area contributed by atoms with Crippen LogP contribution in [-0.4, -0.2) is 92.7 Å². The van der Waals surface area contributed by atoms with Gasteiger partial charge in [0.25, 0.3) is 11.8 Å². The predicted octanol–water partition coefficient (Wildman–Crippen LogP) is 7.79. The lowest BCUT2D eigenvalue weighted by atomic mass is 9.95. The quantitative estimate of drug-likeness (QED) is 0.137. The van der Waals surface area contributed by atoms with Gasteiger partial charge in [0.1, 0.15) is 33.8 Å². The van der Waals surface area contributed by atoms with E-state index in [0.29, 0.717) is 58.7 Å². The summed E-state index contributed by atoms with van der Waals surface area (Å²) in [5, 5.41) is 26.8. The van der Waals surface area contributed by atoms with Gasteiger partial charge in [-0.25, -0.2) is 19.6 Å². The molecule has 2 aromatic heterocycles. The maximum Gasteiger partial charge on any atom is 0.326 e. The number of thioether (sulfide) groups is 2. The number of nitrogens with one attached hydrogen (secondary N) is 2. The Kier molecular flexibility index (Phi) is 16.8. The highest BCUT2D eigenvalue weighted by Crippen LogP contribution is 2.31. The maximum absolute atomic E-state index is 12.9. The Morgan fingerprint density at radius 2 is 1.00 bits per heavy atom. The van der Waals surface area contributed by atoms with Crippen molar-refractivity contribution in [3.05, 3.63) is 35.4 Å². The number of piperidine rings is 1. The molecule has 2 atom stereocenters. The molecule has 0 spiro atoms. The first-order valence-corrected chi connectivity index (χ1v) is 22.6. The standard InChI is InChI=1S/C21H31N3O3S.C20H29N3O3S/c1-2-14-28-20-16(19(25)22-15-8-4-3-5-9-15)11-12-18(23-20)24-13-7-6-10-17(24)21(26)27;1-2-13-27-19-15(18(24)21-14-7-4-3-5-8-14)10-11-17(22-19)23-12-6-9-16(23)20(25)26/h11-12,15,17H,2-10,13-14H2,1H3,(H,22,25)(H,26,27);10-11,14,16H,2-9,12-13H2,1H3,(H,21,24)(H,25,26)/t;16-/m.0/s1. The van der Waals surface area contributed by atoms with Crippen LogP contribution in [0.2, 0.25) is 0 Å². The highest BCUT2D eigenvalue weighted by molar-refractivity contribution is 7.99. The van der Waals surface area contributed by atoms with Gasteiger partial charge >= 0.3 is 11.9 Å². The Balaban J connectivity index is 0.000000211. The lowest BCUT2D eigenvalue weighted by Gasteiger charge is -2.34. The van der Waals surface area contributed by atoms with E-state index in [9.17, 15) is 29.4 Å². The second kappa shape index (κ2) is 21.7. The van der Waals surface area contributed by atoms with Gasteiger partial charge in [-0.05, 0) is 106 Å². The molecule has 0 aromatic carbocycles. The van der Waals surface area contributed by atoms with Crippen molar-refractivity contribution in [2.75, 3.05) is 34.4 Å². The summed E-state index contributed by atoms with van der Waals surface area (Å²) in [6.45, 7) is 5.58. The molecule has 14 heteroatoms. The Morgan fingerprint density at radius 1 is 0.600 bits per heavy atom. The minimum Gasteiger partial charge on any atom is -0.480 e. The molecule has 2 aliphatic heterocycles. The lowest BCUT2D eigenvalue weighted by Crippen LogP contribution is -2.45. The first kappa shape index (κ1) is 42.6. The molecule has 4 aliphatic rings. The molecule has 55 heavy (non-hydrogen) atoms. The van der Waals surface area contributed by atoms with Crippen molar-refractivity contribution in [2.45, 2.75) is 157 Å². The van der Waals surface area contributed by atoms with E-state index >= 15 is 0 Å². The first-order chi connectivity index (χ1) is 26.7. The van der Waals surface area contributed by atoms with E-state index in [1.165, 1.54) is 38.5 Å². The average Bonchev–Trinajstić information content (AvgIpc) is 3.71. The van der Waals surface area contributed by atoms with Crippen molar-refractivity contribution < 1.29 is 29.4 Å². The van der Waals surface area contributed by atoms with Crippen LogP contribution in [-0.2, 0) is 9.59 Å². The minimum atomic E-state index is -0.809. The highest BCUT2D eigenvalue weighted by Gasteiger charge is 2.33. The molecule has 2 aromatic rings. The topological polar surface area (TPSA) is 165 Å². The van der Waals surface area contributed by atoms with Gasteiger partial charge in [-0.1, -0.05) is 52.4 Å². The van der Waals surface area contributed by atoms with Crippen LogP contribution >= 0.6 is 23.5 Å². The number of carboxylic acids is 2. The Morgan fingerprint density at radius 3 is 1.42 bits per heavy atom. The van der Waals surface area contributed by atoms with Gasteiger partial charge in [-0.2, -0.15) is 0 Å². The fourth-order valence-corrected chi connectivity index (χ4v) is 9.67. The molecule has 12 nitrogen and oxygen atoms in total. The Bertz CT molecular complexity index is 1600. The molecule has 2 saturated heterocycles. The van der Waals surface area contributed by atoms with E-state index in [-0.39, 0.29) is 23.9 Å². The van der Waals surface area contributed by atoms with Crippen molar-refractivity contribution >= 4 is 58.9 Å². The molecule has 4 N–H and O–H groups in total. The zero-order valence-electron chi connectivity index (χ0n) is 32.6. The van der Waals surface area contributed by atoms with Crippen LogP contribution in [0.1, 0.15) is 144 Å². The second-order valence-electron chi connectivity index (χ2n) is 15.1. The first-order valence-electron chi connectivity index (χ1n) is 20.6. The van der Waals surface area contributed by atoms with Crippen LogP contribution in [0.4, 0.5) is 11.6 Å². The van der Waals surface area contributed by atoms with Gasteiger partial charge in [-0.3, -0.25) is 9.59 Å². The van der Waals surface area contributed by atoms with Crippen molar-refractivity contribution in [2.24, 2.45) is 0 Å². The number of aliphatic carboxylic acids is 2. The number of carboxylic acid groups (broad SMARTS) is 2. The van der Waals surface area contributed by atoms with E-state index in [2.05, 4.69) is 24.5 Å². The van der Waals surface area contributed by atoms with Gasteiger partial charge in [0.15, 0.2) is 0 Å². The summed E-state index contributed by atoms with van der Waals surface area (Å²) in [4.78, 5) is 62.0. The van der Waals surface area contributed by atoms with E-state index in [4.69, 9.17) is 9.97 Å². The van der Waals surface area contributed by atoms with Crippen molar-refractivity contribution in [3.63, 3.8) is 0 Å². The molecule has 1 unspecified atom stereocenters. The fourth-order valence-electron chi connectivity index (χ4n) is 7.92. The van der Waals surface area contributed by atoms with E-state index in [1.54, 1.807) is 29.6 Å². The summed E-state index contributed by atoms with van der Waals surface area (Å²) in [6.07, 6.45) is 17.4. The molecule has 0 bridgehead atoms. The van der Waals surface area contributed by atoms with Crippen molar-refractivity contribution in [3.8, 4) is 0 Å². The number of amides is 2. The molecule has 4 heterocycles. The molecule has 0 radical (unpaired) electrons. The smallest absolute Gasteiger partial charge is 0.326 e. The molecule has 6 rings (SSSR count). The highest BCUT2D eigenvalue weighted by atomic mass is 32.2. The van der Waals surface area contributed by atoms with E-state index in [1.807, 2.05) is 28.0 Å². The maximum atomic E-state index is 12.9. The van der Waals surface area contributed by atoms with Gasteiger partial charge in [0.2, 0.25) is 0 Å². The zero-order chi connectivity index (χ0) is 39.2. The molecule has 2 amide bonds. The number of rotatable bonds is 14. The molecule has 2 aliphatic carbocycles. The second-order valence-corrected chi connectivity index (χ2v) is 17.3. The number of hydrogen-bond acceptors (Lipinski definition) is 10. The van der Waals surface area contributed by atoms with Crippen LogP contribution in [0.3, 0.4) is 0 Å². The molecule has 4 fully saturated rings. The summed E-state index contributed by atoms with van der Waals surface area (Å²) in [7, 11) is 0. The van der Waals surface area contributed by atoms with Gasteiger partial charge < -0.3 is 30.6 Å². The molecular weight excluding hydrogens is 737 g/mol. The third-order valence-electron chi connectivity index (χ3n) is 10.9. The van der Waals surface area contributed by atoms with Crippen LogP contribution in [0.15, 0.2) is 34.3 Å². The third kappa shape index (κ3) is 12.0. The number of nitrogens with zero attached hydrogens (tertiary/aromatic N) is 4.